The Morgan fingerprint density at radius 3 is 2.75 bits per heavy atom. The first-order valence-corrected chi connectivity index (χ1v) is 6.40. The number of methoxy groups -OCH3 is 1. The molecule has 2 aromatic carbocycles. The molecule has 1 amide bonds. The van der Waals surface area contributed by atoms with Gasteiger partial charge in [-0.05, 0) is 36.8 Å². The van der Waals surface area contributed by atoms with E-state index in [-0.39, 0.29) is 5.91 Å². The van der Waals surface area contributed by atoms with E-state index < -0.39 is 0 Å². The normalized spacial score (nSPS) is 10.2. The van der Waals surface area contributed by atoms with Crippen molar-refractivity contribution >= 4 is 28.9 Å². The van der Waals surface area contributed by atoms with Crippen molar-refractivity contribution < 1.29 is 9.53 Å². The van der Waals surface area contributed by atoms with Crippen molar-refractivity contribution in [2.45, 2.75) is 6.92 Å². The Labute approximate surface area is 122 Å². The third kappa shape index (κ3) is 2.86. The Morgan fingerprint density at radius 1 is 1.30 bits per heavy atom. The highest BCUT2D eigenvalue weighted by Gasteiger charge is 2.16. The van der Waals surface area contributed by atoms with Gasteiger partial charge in [-0.3, -0.25) is 4.79 Å². The van der Waals surface area contributed by atoms with Gasteiger partial charge >= 0.3 is 0 Å². The van der Waals surface area contributed by atoms with Crippen LogP contribution < -0.4 is 15.8 Å². The lowest BCUT2D eigenvalue weighted by Gasteiger charge is -2.12. The Bertz CT molecular complexity index is 656. The van der Waals surface area contributed by atoms with E-state index in [4.69, 9.17) is 22.1 Å². The summed E-state index contributed by atoms with van der Waals surface area (Å²) in [4.78, 5) is 12.3. The molecule has 0 radical (unpaired) electrons. The van der Waals surface area contributed by atoms with Crippen molar-refractivity contribution in [1.29, 1.82) is 0 Å². The molecule has 0 bridgehead atoms. The van der Waals surface area contributed by atoms with Gasteiger partial charge in [0.1, 0.15) is 11.3 Å². The minimum Gasteiger partial charge on any atom is -0.496 e. The van der Waals surface area contributed by atoms with E-state index in [1.165, 1.54) is 7.11 Å². The fraction of sp³-hybridized carbons (Fsp3) is 0.133. The minimum atomic E-state index is -0.354. The van der Waals surface area contributed by atoms with E-state index in [1.54, 1.807) is 30.3 Å². The maximum absolute atomic E-state index is 12.3. The average Bonchev–Trinajstić information content (AvgIpc) is 2.42. The molecule has 3 N–H and O–H groups in total. The van der Waals surface area contributed by atoms with Crippen LogP contribution in [0.5, 0.6) is 5.75 Å². The van der Waals surface area contributed by atoms with Gasteiger partial charge in [0.25, 0.3) is 5.91 Å². The second-order valence-corrected chi connectivity index (χ2v) is 4.77. The Kier molecular flexibility index (Phi) is 4.15. The molecular formula is C15H15ClN2O2. The molecular weight excluding hydrogens is 276 g/mol. The lowest BCUT2D eigenvalue weighted by atomic mass is 10.1. The molecule has 104 valence electrons. The number of anilines is 2. The first kappa shape index (κ1) is 14.2. The monoisotopic (exact) mass is 290 g/mol. The van der Waals surface area contributed by atoms with Gasteiger partial charge in [0, 0.05) is 5.69 Å². The van der Waals surface area contributed by atoms with Gasteiger partial charge in [0.15, 0.2) is 0 Å². The van der Waals surface area contributed by atoms with Crippen LogP contribution >= 0.6 is 11.6 Å². The summed E-state index contributed by atoms with van der Waals surface area (Å²) in [5.74, 6) is 0.0683. The van der Waals surface area contributed by atoms with Crippen LogP contribution in [0.1, 0.15) is 15.9 Å². The number of aryl methyl sites for hydroxylation is 1. The summed E-state index contributed by atoms with van der Waals surface area (Å²) in [5, 5.41) is 3.22. The number of ether oxygens (including phenoxy) is 1. The molecule has 0 saturated carbocycles. The van der Waals surface area contributed by atoms with E-state index >= 15 is 0 Å². The van der Waals surface area contributed by atoms with E-state index in [2.05, 4.69) is 5.32 Å². The summed E-state index contributed by atoms with van der Waals surface area (Å²) >= 11 is 6.06. The highest BCUT2D eigenvalue weighted by molar-refractivity contribution is 6.34. The molecule has 2 rings (SSSR count). The maximum Gasteiger partial charge on any atom is 0.261 e. The SMILES string of the molecule is COc1cccc(N)c1C(=O)Nc1cc(C)ccc1Cl. The number of nitrogens with two attached hydrogens (primary N) is 1. The predicted molar refractivity (Wildman–Crippen MR) is 81.5 cm³/mol. The fourth-order valence-corrected chi connectivity index (χ4v) is 2.05. The van der Waals surface area contributed by atoms with Crippen LogP contribution in [0.2, 0.25) is 5.02 Å². The van der Waals surface area contributed by atoms with Gasteiger partial charge in [0.2, 0.25) is 0 Å². The van der Waals surface area contributed by atoms with Crippen LogP contribution in [0.4, 0.5) is 11.4 Å². The lowest BCUT2D eigenvalue weighted by molar-refractivity contribution is 0.102. The van der Waals surface area contributed by atoms with E-state index in [1.807, 2.05) is 13.0 Å². The van der Waals surface area contributed by atoms with Crippen molar-refractivity contribution in [1.82, 2.24) is 0 Å². The van der Waals surface area contributed by atoms with Gasteiger partial charge < -0.3 is 15.8 Å². The molecule has 5 heteroatoms. The van der Waals surface area contributed by atoms with Crippen LogP contribution in [0.15, 0.2) is 36.4 Å². The molecule has 4 nitrogen and oxygen atoms in total. The standard InChI is InChI=1S/C15H15ClN2O2/c1-9-6-7-10(16)12(8-9)18-15(19)14-11(17)4-3-5-13(14)20-2/h3-8H,17H2,1-2H3,(H,18,19). The summed E-state index contributed by atoms with van der Waals surface area (Å²) in [6, 6.07) is 10.5. The zero-order valence-electron chi connectivity index (χ0n) is 11.2. The highest BCUT2D eigenvalue weighted by Crippen LogP contribution is 2.28. The van der Waals surface area contributed by atoms with Crippen LogP contribution in [0.3, 0.4) is 0 Å². The quantitative estimate of drug-likeness (QED) is 0.851. The van der Waals surface area contributed by atoms with Gasteiger partial charge in [-0.2, -0.15) is 0 Å². The number of rotatable bonds is 3. The summed E-state index contributed by atoms with van der Waals surface area (Å²) in [5.41, 5.74) is 8.04. The molecule has 0 aliphatic rings. The largest absolute Gasteiger partial charge is 0.496 e. The summed E-state index contributed by atoms with van der Waals surface area (Å²) in [7, 11) is 1.49. The average molecular weight is 291 g/mol. The van der Waals surface area contributed by atoms with Gasteiger partial charge in [-0.15, -0.1) is 0 Å². The number of benzene rings is 2. The van der Waals surface area contributed by atoms with Gasteiger partial charge in [-0.1, -0.05) is 23.7 Å². The van der Waals surface area contributed by atoms with Crippen molar-refractivity contribution in [3.05, 3.63) is 52.5 Å². The summed E-state index contributed by atoms with van der Waals surface area (Å²) in [6.07, 6.45) is 0. The van der Waals surface area contributed by atoms with Crippen LogP contribution in [0.25, 0.3) is 0 Å². The number of halogens is 1. The third-order valence-corrected chi connectivity index (χ3v) is 3.21. The molecule has 0 aliphatic heterocycles. The Morgan fingerprint density at radius 2 is 2.05 bits per heavy atom. The third-order valence-electron chi connectivity index (χ3n) is 2.88. The second-order valence-electron chi connectivity index (χ2n) is 4.36. The molecule has 0 spiro atoms. The van der Waals surface area contributed by atoms with Crippen LogP contribution in [-0.4, -0.2) is 13.0 Å². The van der Waals surface area contributed by atoms with E-state index in [0.717, 1.165) is 5.56 Å². The van der Waals surface area contributed by atoms with Crippen molar-refractivity contribution in [2.24, 2.45) is 0 Å². The molecule has 20 heavy (non-hydrogen) atoms. The van der Waals surface area contributed by atoms with Crippen molar-refractivity contribution in [2.75, 3.05) is 18.2 Å². The summed E-state index contributed by atoms with van der Waals surface area (Å²) in [6.45, 7) is 1.92. The molecule has 0 atom stereocenters. The number of hydrogen-bond donors (Lipinski definition) is 2. The molecule has 2 aromatic rings. The zero-order chi connectivity index (χ0) is 14.7. The maximum atomic E-state index is 12.3. The van der Waals surface area contributed by atoms with Crippen LogP contribution in [-0.2, 0) is 0 Å². The van der Waals surface area contributed by atoms with Crippen molar-refractivity contribution in [3.8, 4) is 5.75 Å². The van der Waals surface area contributed by atoms with Crippen molar-refractivity contribution in [3.63, 3.8) is 0 Å². The molecule has 0 heterocycles. The number of amides is 1. The fourth-order valence-electron chi connectivity index (χ4n) is 1.88. The smallest absolute Gasteiger partial charge is 0.261 e. The van der Waals surface area contributed by atoms with E-state index in [0.29, 0.717) is 27.7 Å². The summed E-state index contributed by atoms with van der Waals surface area (Å²) < 4.78 is 5.17. The number of nitrogen functional groups attached to an aromatic ring is 1. The molecule has 0 unspecified atom stereocenters. The topological polar surface area (TPSA) is 64.3 Å². The van der Waals surface area contributed by atoms with Crippen LogP contribution in [0, 0.1) is 6.92 Å². The molecule has 0 aromatic heterocycles. The Hall–Kier alpha value is -2.20. The first-order valence-electron chi connectivity index (χ1n) is 6.03. The van der Waals surface area contributed by atoms with Gasteiger partial charge in [0.05, 0.1) is 17.8 Å². The molecule has 0 saturated heterocycles. The second kappa shape index (κ2) is 5.84. The number of hydrogen-bond acceptors (Lipinski definition) is 3. The lowest BCUT2D eigenvalue weighted by Crippen LogP contribution is -2.15. The van der Waals surface area contributed by atoms with Gasteiger partial charge in [-0.25, -0.2) is 0 Å². The Balaban J connectivity index is 2.36. The number of carbonyl (C=O) groups is 1. The molecule has 0 aliphatic carbocycles. The number of nitrogens with one attached hydrogen (secondary N) is 1. The van der Waals surface area contributed by atoms with E-state index in [9.17, 15) is 4.79 Å². The molecule has 0 fully saturated rings. The zero-order valence-corrected chi connectivity index (χ0v) is 12.0. The predicted octanol–water partition coefficient (Wildman–Crippen LogP) is 3.49. The highest BCUT2D eigenvalue weighted by atomic mass is 35.5. The first-order chi connectivity index (χ1) is 9.52. The number of carbonyl (C=O) groups excluding carboxylic acids is 1. The minimum absolute atomic E-state index is 0.299.